The topological polar surface area (TPSA) is 215 Å². The maximum Gasteiger partial charge on any atom is 0.408 e. The second-order valence-corrected chi connectivity index (χ2v) is 11.7. The number of ether oxygens (including phenoxy) is 7. The second kappa shape index (κ2) is 20.6. The molecule has 2 aromatic rings. The minimum atomic E-state index is -1.86. The monoisotopic (exact) mass is 782 g/mol. The van der Waals surface area contributed by atoms with Crippen LogP contribution >= 0.6 is 0 Å². The molecule has 0 spiro atoms. The number of carbonyl (C=O) groups excluding carboxylic acids is 7. The third-order valence-electron chi connectivity index (χ3n) is 8.30. The zero-order valence-electron chi connectivity index (χ0n) is 32.5. The van der Waals surface area contributed by atoms with Crippen molar-refractivity contribution in [1.82, 2.24) is 20.4 Å². The Morgan fingerprint density at radius 3 is 1.59 bits per heavy atom. The Morgan fingerprint density at radius 2 is 1.23 bits per heavy atom. The van der Waals surface area contributed by atoms with E-state index in [1.807, 2.05) is 0 Å². The van der Waals surface area contributed by atoms with Crippen molar-refractivity contribution in [2.45, 2.75) is 38.0 Å². The average Bonchev–Trinajstić information content (AvgIpc) is 3.69. The smallest absolute Gasteiger partial charge is 0.408 e. The molecule has 2 aliphatic rings. The predicted molar refractivity (Wildman–Crippen MR) is 197 cm³/mol. The number of amides is 4. The van der Waals surface area contributed by atoms with Crippen LogP contribution in [0.2, 0.25) is 0 Å². The summed E-state index contributed by atoms with van der Waals surface area (Å²) in [4.78, 5) is 85.6. The van der Waals surface area contributed by atoms with Crippen LogP contribution in [0.3, 0.4) is 0 Å². The lowest BCUT2D eigenvalue weighted by molar-refractivity contribution is -0.147. The van der Waals surface area contributed by atoms with E-state index in [0.29, 0.717) is 29.2 Å². The molecule has 56 heavy (non-hydrogen) atoms. The van der Waals surface area contributed by atoms with Gasteiger partial charge in [-0.25, -0.2) is 19.2 Å². The number of benzene rings is 2. The summed E-state index contributed by atoms with van der Waals surface area (Å²) in [6, 6.07) is 10.3. The molecule has 0 aromatic heterocycles. The van der Waals surface area contributed by atoms with Crippen molar-refractivity contribution in [3.05, 3.63) is 71.3 Å². The van der Waals surface area contributed by atoms with Gasteiger partial charge in [0.15, 0.2) is 5.54 Å². The van der Waals surface area contributed by atoms with Crippen molar-refractivity contribution in [3.8, 4) is 23.8 Å². The summed E-state index contributed by atoms with van der Waals surface area (Å²) in [6.07, 6.45) is 4.97. The fourth-order valence-electron chi connectivity index (χ4n) is 5.45. The Morgan fingerprint density at radius 1 is 0.768 bits per heavy atom. The minimum Gasteiger partial charge on any atom is -0.497 e. The number of fused-ring (bicyclic) bond motifs is 2. The van der Waals surface area contributed by atoms with Gasteiger partial charge in [-0.3, -0.25) is 19.7 Å². The lowest BCUT2D eigenvalue weighted by atomic mass is 9.99. The molecule has 4 rings (SSSR count). The summed E-state index contributed by atoms with van der Waals surface area (Å²) in [5.74, 6) is 0.872. The van der Waals surface area contributed by atoms with Crippen molar-refractivity contribution in [2.24, 2.45) is 0 Å². The van der Waals surface area contributed by atoms with Crippen LogP contribution < -0.4 is 20.1 Å². The fourth-order valence-corrected chi connectivity index (χ4v) is 5.45. The second-order valence-electron chi connectivity index (χ2n) is 11.7. The molecule has 0 bridgehead atoms. The largest absolute Gasteiger partial charge is 0.497 e. The number of carbonyl (C=O) groups is 7. The zero-order valence-corrected chi connectivity index (χ0v) is 32.5. The van der Waals surface area contributed by atoms with Crippen molar-refractivity contribution in [1.29, 1.82) is 0 Å². The van der Waals surface area contributed by atoms with Gasteiger partial charge in [-0.05, 0) is 42.3 Å². The summed E-state index contributed by atoms with van der Waals surface area (Å²) in [7, 11) is 7.64. The number of terminal acetylenes is 1. The van der Waals surface area contributed by atoms with Crippen LogP contribution in [0.4, 0.5) is 9.59 Å². The van der Waals surface area contributed by atoms with Gasteiger partial charge in [0.05, 0.1) is 62.4 Å². The molecule has 2 heterocycles. The Labute approximate surface area is 324 Å². The number of nitrogens with one attached hydrogen (secondary N) is 2. The third kappa shape index (κ3) is 10.9. The van der Waals surface area contributed by atoms with Gasteiger partial charge >= 0.3 is 30.1 Å². The molecule has 2 atom stereocenters. The SMILES string of the molecule is C#C[C@](CN1Cc2ccc(OC)cc2C1=O)(NC(=O)OC)C(=O)OC.C=C[C@](CN1Cc2ccc(OC)cc2C1=O)(NC(=O)OC)C(=O)OC.CCOC(C)=O. The zero-order chi connectivity index (χ0) is 42.2. The van der Waals surface area contributed by atoms with E-state index in [-0.39, 0.29) is 44.0 Å². The Hall–Kier alpha value is -6.77. The van der Waals surface area contributed by atoms with E-state index in [1.54, 1.807) is 43.3 Å². The standard InChI is InChI=1S/C17H20N2O6.C17H18N2O6.C4H8O2/c2*1-5-17(15(21)24-3,18-16(22)25-4)10-19-9-11-6-7-12(23-2)8-13(11)14(19)20;1-3-6-4(2)5/h5-8H,1,9-10H2,2-4H3,(H,18,22);1,6-8H,9-10H2,2-4H3,(H,18,22);3H2,1-2H3/t2*17-;/m11./s1. The molecule has 18 heteroatoms. The highest BCUT2D eigenvalue weighted by molar-refractivity contribution is 6.00. The van der Waals surface area contributed by atoms with E-state index < -0.39 is 35.2 Å². The summed E-state index contributed by atoms with van der Waals surface area (Å²) in [5, 5.41) is 4.69. The highest BCUT2D eigenvalue weighted by Gasteiger charge is 2.45. The molecule has 0 saturated carbocycles. The lowest BCUT2D eigenvalue weighted by Gasteiger charge is -2.32. The van der Waals surface area contributed by atoms with Crippen LogP contribution in [0, 0.1) is 12.3 Å². The quantitative estimate of drug-likeness (QED) is 0.137. The van der Waals surface area contributed by atoms with Crippen LogP contribution in [0.1, 0.15) is 45.7 Å². The van der Waals surface area contributed by atoms with Crippen molar-refractivity contribution in [2.75, 3.05) is 62.4 Å². The highest BCUT2D eigenvalue weighted by atomic mass is 16.6. The van der Waals surface area contributed by atoms with Gasteiger partial charge in [0, 0.05) is 31.1 Å². The third-order valence-corrected chi connectivity index (χ3v) is 8.30. The van der Waals surface area contributed by atoms with Crippen LogP contribution in [0.15, 0.2) is 49.1 Å². The molecule has 302 valence electrons. The van der Waals surface area contributed by atoms with Gasteiger partial charge in [0.1, 0.15) is 11.5 Å². The maximum atomic E-state index is 12.7. The summed E-state index contributed by atoms with van der Waals surface area (Å²) < 4.78 is 33.2. The molecule has 0 aliphatic carbocycles. The first kappa shape index (κ1) is 45.4. The Kier molecular flexibility index (Phi) is 16.7. The number of alkyl carbamates (subject to hydrolysis) is 2. The first-order valence-corrected chi connectivity index (χ1v) is 16.6. The summed E-state index contributed by atoms with van der Waals surface area (Å²) in [5.41, 5.74) is -0.979. The van der Waals surface area contributed by atoms with Gasteiger partial charge in [0.25, 0.3) is 11.8 Å². The average molecular weight is 783 g/mol. The molecule has 2 aromatic carbocycles. The van der Waals surface area contributed by atoms with Gasteiger partial charge in [0.2, 0.25) is 5.54 Å². The molecule has 18 nitrogen and oxygen atoms in total. The highest BCUT2D eigenvalue weighted by Crippen LogP contribution is 2.30. The number of methoxy groups -OCH3 is 6. The first-order valence-electron chi connectivity index (χ1n) is 16.6. The maximum absolute atomic E-state index is 12.7. The fraction of sp³-hybridized carbons (Fsp3) is 0.395. The van der Waals surface area contributed by atoms with Gasteiger partial charge in [-0.15, -0.1) is 13.0 Å². The molecular formula is C38H46N4O14. The Balaban J connectivity index is 0.000000338. The van der Waals surface area contributed by atoms with Gasteiger partial charge in [-0.1, -0.05) is 24.1 Å². The number of nitrogens with zero attached hydrogens (tertiary/aromatic N) is 2. The van der Waals surface area contributed by atoms with E-state index in [4.69, 9.17) is 25.4 Å². The molecule has 0 fully saturated rings. The Bertz CT molecular complexity index is 1860. The number of esters is 3. The van der Waals surface area contributed by atoms with E-state index in [0.717, 1.165) is 25.3 Å². The predicted octanol–water partition coefficient (Wildman–Crippen LogP) is 2.23. The van der Waals surface area contributed by atoms with Gasteiger partial charge in [-0.2, -0.15) is 0 Å². The van der Waals surface area contributed by atoms with Crippen LogP contribution in [-0.2, 0) is 51.2 Å². The molecule has 0 radical (unpaired) electrons. The molecule has 4 amide bonds. The number of hydrogen-bond acceptors (Lipinski definition) is 14. The van der Waals surface area contributed by atoms with Gasteiger partial charge < -0.3 is 48.3 Å². The first-order chi connectivity index (χ1) is 26.6. The van der Waals surface area contributed by atoms with Crippen LogP contribution in [0.5, 0.6) is 11.5 Å². The molecule has 2 N–H and O–H groups in total. The molecule has 0 saturated heterocycles. The van der Waals surface area contributed by atoms with E-state index >= 15 is 0 Å². The van der Waals surface area contributed by atoms with Crippen molar-refractivity contribution >= 4 is 41.9 Å². The van der Waals surface area contributed by atoms with E-state index in [9.17, 15) is 33.6 Å². The number of hydrogen-bond donors (Lipinski definition) is 2. The summed E-state index contributed by atoms with van der Waals surface area (Å²) in [6.45, 7) is 7.37. The van der Waals surface area contributed by atoms with Crippen LogP contribution in [-0.4, -0.2) is 125 Å². The van der Waals surface area contributed by atoms with E-state index in [2.05, 4.69) is 37.3 Å². The minimum absolute atomic E-state index is 0.145. The summed E-state index contributed by atoms with van der Waals surface area (Å²) >= 11 is 0. The molecule has 0 unspecified atom stereocenters. The molecule has 2 aliphatic heterocycles. The van der Waals surface area contributed by atoms with Crippen molar-refractivity contribution in [3.63, 3.8) is 0 Å². The van der Waals surface area contributed by atoms with Crippen LogP contribution in [0.25, 0.3) is 0 Å². The lowest BCUT2D eigenvalue weighted by Crippen LogP contribution is -2.60. The normalized spacial score (nSPS) is 14.1. The van der Waals surface area contributed by atoms with E-state index in [1.165, 1.54) is 51.2 Å². The number of rotatable bonds is 12. The molecular weight excluding hydrogens is 736 g/mol. The van der Waals surface area contributed by atoms with Crippen molar-refractivity contribution < 1.29 is 66.7 Å².